The third-order valence-corrected chi connectivity index (χ3v) is 6.75. The highest BCUT2D eigenvalue weighted by molar-refractivity contribution is 7.90. The number of hydrogen-bond donors (Lipinski definition) is 1. The summed E-state index contributed by atoms with van der Waals surface area (Å²) in [6, 6.07) is 7.12. The molecule has 1 N–H and O–H groups in total. The number of hydrogen-bond acceptors (Lipinski definition) is 6. The van der Waals surface area contributed by atoms with Crippen LogP contribution in [0.15, 0.2) is 24.3 Å². The highest BCUT2D eigenvalue weighted by Crippen LogP contribution is 2.34. The molecule has 2 atom stereocenters. The lowest BCUT2D eigenvalue weighted by Crippen LogP contribution is -2.42. The van der Waals surface area contributed by atoms with Crippen molar-refractivity contribution in [2.45, 2.75) is 24.1 Å². The van der Waals surface area contributed by atoms with E-state index in [9.17, 15) is 8.42 Å². The van der Waals surface area contributed by atoms with E-state index in [1.807, 2.05) is 24.3 Å². The fourth-order valence-corrected chi connectivity index (χ4v) is 5.06. The summed E-state index contributed by atoms with van der Waals surface area (Å²) >= 11 is 0. The number of rotatable bonds is 7. The van der Waals surface area contributed by atoms with E-state index >= 15 is 0 Å². The minimum absolute atomic E-state index is 0.150. The summed E-state index contributed by atoms with van der Waals surface area (Å²) in [5, 5.41) is 0.974. The Bertz CT molecular complexity index is 676. The third-order valence-electron chi connectivity index (χ3n) is 4.95. The summed E-state index contributed by atoms with van der Waals surface area (Å²) in [4.78, 5) is 7.83. The van der Waals surface area contributed by atoms with Gasteiger partial charge in [0.15, 0.2) is 0 Å². The van der Waals surface area contributed by atoms with Gasteiger partial charge in [-0.15, -0.1) is 0 Å². The van der Waals surface area contributed by atoms with Gasteiger partial charge in [0, 0.05) is 20.1 Å². The van der Waals surface area contributed by atoms with E-state index in [-0.39, 0.29) is 12.6 Å². The average molecular weight is 369 g/mol. The normalized spacial score (nSPS) is 25.5. The average Bonchev–Trinajstić information content (AvgIpc) is 3.24. The summed E-state index contributed by atoms with van der Waals surface area (Å²) in [6.07, 6.45) is 2.40. The van der Waals surface area contributed by atoms with Crippen LogP contribution in [0.4, 0.5) is 0 Å². The van der Waals surface area contributed by atoms with Crippen LogP contribution in [0, 0.1) is 0 Å². The van der Waals surface area contributed by atoms with Gasteiger partial charge in [-0.05, 0) is 43.6 Å². The summed E-state index contributed by atoms with van der Waals surface area (Å²) < 4.78 is 33.7. The van der Waals surface area contributed by atoms with Crippen molar-refractivity contribution >= 4 is 10.0 Å². The van der Waals surface area contributed by atoms with Crippen LogP contribution in [0.2, 0.25) is 0 Å². The van der Waals surface area contributed by atoms with Crippen molar-refractivity contribution in [3.63, 3.8) is 0 Å². The Morgan fingerprint density at radius 2 is 2.08 bits per heavy atom. The largest absolute Gasteiger partial charge is 0.497 e. The molecular formula is C17H27N3O4S. The molecule has 3 rings (SSSR count). The van der Waals surface area contributed by atoms with Crippen molar-refractivity contribution in [2.24, 2.45) is 0 Å². The molecule has 0 spiro atoms. The number of nitrogens with one attached hydrogen (secondary N) is 1. The molecule has 0 radical (unpaired) electrons. The van der Waals surface area contributed by atoms with Crippen LogP contribution in [-0.2, 0) is 14.9 Å². The quantitative estimate of drug-likeness (QED) is 0.773. The third kappa shape index (κ3) is 4.32. The van der Waals surface area contributed by atoms with Crippen molar-refractivity contribution in [1.29, 1.82) is 0 Å². The lowest BCUT2D eigenvalue weighted by Gasteiger charge is -2.24. The molecule has 140 valence electrons. The number of hydroxylamine groups is 2. The second kappa shape index (κ2) is 8.01. The lowest BCUT2D eigenvalue weighted by atomic mass is 10.0. The van der Waals surface area contributed by atoms with E-state index in [1.54, 1.807) is 19.2 Å². The predicted octanol–water partition coefficient (Wildman–Crippen LogP) is 0.997. The molecular weight excluding hydrogens is 342 g/mol. The molecule has 2 fully saturated rings. The van der Waals surface area contributed by atoms with E-state index in [4.69, 9.17) is 9.57 Å². The number of nitrogens with zero attached hydrogens (tertiary/aromatic N) is 2. The summed E-state index contributed by atoms with van der Waals surface area (Å²) in [5.74, 6) is 0.705. The zero-order valence-electron chi connectivity index (χ0n) is 14.8. The molecule has 2 heterocycles. The molecule has 8 heteroatoms. The Morgan fingerprint density at radius 3 is 2.80 bits per heavy atom. The fraction of sp³-hybridized carbons (Fsp3) is 0.647. The van der Waals surface area contributed by atoms with E-state index in [2.05, 4.69) is 9.62 Å². The SMILES string of the molecule is COc1cccc(C2C(S(=O)(=O)NCCN3CCCC3)CON2C)c1. The Hall–Kier alpha value is -1.19. The fourth-order valence-electron chi connectivity index (χ4n) is 3.57. The highest BCUT2D eigenvalue weighted by atomic mass is 32.2. The van der Waals surface area contributed by atoms with Gasteiger partial charge in [-0.2, -0.15) is 5.06 Å². The Morgan fingerprint density at radius 1 is 1.32 bits per heavy atom. The van der Waals surface area contributed by atoms with Crippen molar-refractivity contribution in [2.75, 3.05) is 46.9 Å². The van der Waals surface area contributed by atoms with E-state index in [1.165, 1.54) is 12.8 Å². The van der Waals surface area contributed by atoms with Crippen molar-refractivity contribution in [3.8, 4) is 5.75 Å². The van der Waals surface area contributed by atoms with Gasteiger partial charge in [0.1, 0.15) is 11.0 Å². The van der Waals surface area contributed by atoms with Gasteiger partial charge in [0.05, 0.1) is 19.8 Å². The number of benzene rings is 1. The van der Waals surface area contributed by atoms with Crippen molar-refractivity contribution in [1.82, 2.24) is 14.7 Å². The van der Waals surface area contributed by atoms with Gasteiger partial charge in [-0.3, -0.25) is 4.84 Å². The van der Waals surface area contributed by atoms with E-state index < -0.39 is 15.3 Å². The van der Waals surface area contributed by atoms with Crippen LogP contribution in [0.1, 0.15) is 24.4 Å². The topological polar surface area (TPSA) is 71.1 Å². The lowest BCUT2D eigenvalue weighted by molar-refractivity contribution is -0.110. The molecule has 0 aliphatic carbocycles. The van der Waals surface area contributed by atoms with E-state index in [0.717, 1.165) is 25.2 Å². The molecule has 25 heavy (non-hydrogen) atoms. The first-order valence-electron chi connectivity index (χ1n) is 8.72. The van der Waals surface area contributed by atoms with Crippen molar-refractivity contribution < 1.29 is 18.0 Å². The first-order valence-corrected chi connectivity index (χ1v) is 10.3. The Balaban J connectivity index is 1.69. The summed E-state index contributed by atoms with van der Waals surface area (Å²) in [6.45, 7) is 3.46. The summed E-state index contributed by atoms with van der Waals surface area (Å²) in [7, 11) is -0.119. The second-order valence-electron chi connectivity index (χ2n) is 6.59. The molecule has 0 amide bonds. The van der Waals surface area contributed by atoms with Crippen molar-refractivity contribution in [3.05, 3.63) is 29.8 Å². The molecule has 0 bridgehead atoms. The van der Waals surface area contributed by atoms with E-state index in [0.29, 0.717) is 12.3 Å². The highest BCUT2D eigenvalue weighted by Gasteiger charge is 2.43. The molecule has 2 saturated heterocycles. The first-order chi connectivity index (χ1) is 12.0. The van der Waals surface area contributed by atoms with Gasteiger partial charge >= 0.3 is 0 Å². The Kier molecular flexibility index (Phi) is 5.96. The second-order valence-corrected chi connectivity index (χ2v) is 8.57. The smallest absolute Gasteiger partial charge is 0.218 e. The zero-order valence-corrected chi connectivity index (χ0v) is 15.7. The maximum atomic E-state index is 12.8. The van der Waals surface area contributed by atoms with Crippen LogP contribution in [0.3, 0.4) is 0 Å². The van der Waals surface area contributed by atoms with Gasteiger partial charge in [0.25, 0.3) is 0 Å². The molecule has 1 aromatic carbocycles. The van der Waals surface area contributed by atoms with Crippen LogP contribution >= 0.6 is 0 Å². The number of methoxy groups -OCH3 is 1. The molecule has 2 unspecified atom stereocenters. The molecule has 7 nitrogen and oxygen atoms in total. The minimum Gasteiger partial charge on any atom is -0.497 e. The monoisotopic (exact) mass is 369 g/mol. The molecule has 0 aromatic heterocycles. The molecule has 0 saturated carbocycles. The molecule has 2 aliphatic heterocycles. The molecule has 1 aromatic rings. The molecule has 2 aliphatic rings. The van der Waals surface area contributed by atoms with Gasteiger partial charge in [0.2, 0.25) is 10.0 Å². The maximum Gasteiger partial charge on any atom is 0.218 e. The van der Waals surface area contributed by atoms with Crippen LogP contribution in [0.5, 0.6) is 5.75 Å². The minimum atomic E-state index is -3.49. The zero-order chi connectivity index (χ0) is 17.9. The van der Waals surface area contributed by atoms with Crippen LogP contribution in [0.25, 0.3) is 0 Å². The number of likely N-dealkylation sites (tertiary alicyclic amines) is 1. The van der Waals surface area contributed by atoms with Crippen LogP contribution < -0.4 is 9.46 Å². The number of sulfonamides is 1. The maximum absolute atomic E-state index is 12.8. The summed E-state index contributed by atoms with van der Waals surface area (Å²) in [5.41, 5.74) is 0.870. The first kappa shape index (κ1) is 18.6. The van der Waals surface area contributed by atoms with Crippen LogP contribution in [-0.4, -0.2) is 70.6 Å². The van der Waals surface area contributed by atoms with Gasteiger partial charge in [-0.1, -0.05) is 12.1 Å². The Labute approximate surface area is 149 Å². The standard InChI is InChI=1S/C17H27N3O4S/c1-19-17(14-6-5-7-15(12-14)23-2)16(13-24-19)25(21,22)18-8-11-20-9-3-4-10-20/h5-7,12,16-18H,3-4,8-11,13H2,1-2H3. The van der Waals surface area contributed by atoms with Gasteiger partial charge in [-0.25, -0.2) is 13.1 Å². The van der Waals surface area contributed by atoms with Gasteiger partial charge < -0.3 is 9.64 Å². The predicted molar refractivity (Wildman–Crippen MR) is 95.8 cm³/mol. The number of ether oxygens (including phenoxy) is 1.